The van der Waals surface area contributed by atoms with Crippen molar-refractivity contribution in [2.24, 2.45) is 5.92 Å². The van der Waals surface area contributed by atoms with E-state index in [1.165, 1.54) is 30.0 Å². The summed E-state index contributed by atoms with van der Waals surface area (Å²) >= 11 is 26.3. The van der Waals surface area contributed by atoms with Gasteiger partial charge in [0.2, 0.25) is 0 Å². The summed E-state index contributed by atoms with van der Waals surface area (Å²) in [7, 11) is 11.0. The van der Waals surface area contributed by atoms with E-state index in [-0.39, 0.29) is 123 Å². The van der Waals surface area contributed by atoms with Gasteiger partial charge in [-0.3, -0.25) is 14.1 Å². The molecule has 1 fully saturated rings. The van der Waals surface area contributed by atoms with Crippen molar-refractivity contribution >= 4 is 142 Å². The second-order valence-corrected chi connectivity index (χ2v) is 50.9. The number of hydrogen-bond acceptors (Lipinski definition) is 16. The van der Waals surface area contributed by atoms with Crippen molar-refractivity contribution in [3.8, 4) is 28.7 Å². The molecular formula is C103H96Cl7F10InO15S3. The van der Waals surface area contributed by atoms with Gasteiger partial charge in [-0.05, 0) is 225 Å². The number of carbonyl (C=O) groups is 2. The molecule has 0 spiro atoms. The predicted molar refractivity (Wildman–Crippen MR) is 528 cm³/mol. The first-order valence-electron chi connectivity index (χ1n) is 43.2. The minimum atomic E-state index is -4.02. The number of halogens is 17. The number of hydrogen-bond donors (Lipinski definition) is 4. The zero-order valence-electron chi connectivity index (χ0n) is 74.8. The first-order valence-corrected chi connectivity index (χ1v) is 60.0. The number of thiol groups is 1. The van der Waals surface area contributed by atoms with Crippen LogP contribution in [0.2, 0.25) is 20.1 Å². The first kappa shape index (κ1) is 114. The number of aliphatic hydroxyl groups excluding tert-OH is 2. The molecule has 18 rings (SSSR count). The number of ether oxygens (including phenoxy) is 8. The monoisotopic (exact) mass is 2220 g/mol. The van der Waals surface area contributed by atoms with E-state index in [2.05, 4.69) is 12.6 Å². The van der Waals surface area contributed by atoms with Gasteiger partial charge in [0.25, 0.3) is 10.1 Å². The van der Waals surface area contributed by atoms with E-state index in [4.69, 9.17) is 120 Å². The summed E-state index contributed by atoms with van der Waals surface area (Å²) in [4.78, 5) is 25.0. The Morgan fingerprint density at radius 3 is 1.42 bits per heavy atom. The van der Waals surface area contributed by atoms with Crippen LogP contribution in [0.1, 0.15) is 125 Å². The Labute approximate surface area is 848 Å². The van der Waals surface area contributed by atoms with Crippen LogP contribution in [-0.4, -0.2) is 118 Å². The number of benzene rings is 12. The van der Waals surface area contributed by atoms with Crippen molar-refractivity contribution in [1.82, 2.24) is 0 Å². The van der Waals surface area contributed by atoms with E-state index < -0.39 is 97.5 Å². The fourth-order valence-corrected chi connectivity index (χ4v) is 16.3. The molecule has 7 atom stereocenters. The Kier molecular flexibility index (Phi) is 47.7. The van der Waals surface area contributed by atoms with Crippen LogP contribution >= 0.6 is 96.5 Å². The Bertz CT molecular complexity index is 6050. The number of fused-ring (bicyclic) bond motifs is 7. The fourth-order valence-electron chi connectivity index (χ4n) is 14.0. The Balaban J connectivity index is 0.000000182. The molecule has 738 valence electrons. The van der Waals surface area contributed by atoms with Gasteiger partial charge in [0.1, 0.15) is 78.8 Å². The number of Topliss-reactive ketones (excluding diaryl/α,β-unsaturated/α-hetero) is 2. The molecule has 12 aromatic carbocycles. The van der Waals surface area contributed by atoms with Crippen LogP contribution in [0.4, 0.5) is 43.9 Å². The van der Waals surface area contributed by atoms with Crippen molar-refractivity contribution in [3.63, 3.8) is 0 Å². The van der Waals surface area contributed by atoms with Crippen LogP contribution in [0, 0.1) is 71.0 Å². The molecule has 0 aromatic heterocycles. The molecule has 3 N–H and O–H groups in total. The molecule has 6 heterocycles. The molecule has 0 aliphatic carbocycles. The van der Waals surface area contributed by atoms with E-state index >= 15 is 0 Å². The number of thioether (sulfide) groups is 1. The second kappa shape index (κ2) is 58.2. The van der Waals surface area contributed by atoms with Gasteiger partial charge in [-0.1, -0.05) is 156 Å². The Morgan fingerprint density at radius 1 is 0.496 bits per heavy atom. The zero-order valence-corrected chi connectivity index (χ0v) is 85.9. The third-order valence-corrected chi connectivity index (χ3v) is 24.4. The third-order valence-electron chi connectivity index (χ3n) is 20.9. The Morgan fingerprint density at radius 2 is 0.921 bits per heavy atom. The van der Waals surface area contributed by atoms with Gasteiger partial charge in [0.05, 0.1) is 60.9 Å². The standard InChI is InChI=1S/C27H25ClF2O3.C16H13ClF2O.C15H11ClF2O2S.C11H14O2.C9H6F2O2.C9H6F2O.C7H8O3S.C6H5ClS.C3H8O.3ClH.In/c28-21-8-6-18(7-9-21)14-23-20(17-33-27-25(30)11-10-24(29)26(23)27)15-22(31)12-13-32-16-19-4-2-1-3-5-19;17-12-3-1-10(2-4-12)9-11-7-8-20-16-14(19)6-5-13(18)15(11)16;16-8-1-3-9(4-2-8)21-15-12(19)7-20-14-11(18)6-5-10(17)13(14)15;1-10(12)7-8-13-9-11-5-3-2-4-6-11;10-4-1-2-5(11)8-7(4)9-6(13-9)3-12-8;10-7-3-4-8(11)9-6(7)2-1-5-12-9;1-6-2-4-7(5-3-6)11(8,9)10;7-5-1-3-6(8)4-2-5;1-2-3-4;;;;/h1-11,20,23H,12-17H2;1-6,11H,7-9H2;1-6,12,15,19H,7H2;2-6H,7-9H2,1H3;1-2,6,9H,3H2;1-4H,5H2;2-5H,1H3,(H,8,9,10);1-4,8H;4H,2-3H2,1H3;3*1H;/q;;;;;;;;;;;;+3/p-3/t20-,23+;;;;;;;;;;;;/m1............/s1. The molecule has 12 aromatic rings. The van der Waals surface area contributed by atoms with E-state index in [0.29, 0.717) is 99.2 Å². The van der Waals surface area contributed by atoms with E-state index in [1.807, 2.05) is 123 Å². The van der Waals surface area contributed by atoms with Gasteiger partial charge in [0, 0.05) is 84.3 Å². The van der Waals surface area contributed by atoms with Crippen LogP contribution in [0.15, 0.2) is 263 Å². The van der Waals surface area contributed by atoms with Crippen molar-refractivity contribution in [3.05, 3.63) is 383 Å². The molecule has 6 aliphatic rings. The quantitative estimate of drug-likeness (QED) is 0.0184. The number of epoxide rings is 1. The van der Waals surface area contributed by atoms with Crippen LogP contribution < -0.4 is 23.7 Å². The normalized spacial score (nSPS) is 16.4. The molecule has 0 saturated carbocycles. The van der Waals surface area contributed by atoms with Crippen molar-refractivity contribution in [2.75, 3.05) is 52.9 Å². The average molecular weight is 2220 g/mol. The molecule has 5 unspecified atom stereocenters. The summed E-state index contributed by atoms with van der Waals surface area (Å²) in [6.45, 7) is 8.64. The molecule has 6 aliphatic heterocycles. The summed E-state index contributed by atoms with van der Waals surface area (Å²) in [5.41, 5.74) is 6.18. The van der Waals surface area contributed by atoms with Crippen LogP contribution in [0.3, 0.4) is 0 Å². The van der Waals surface area contributed by atoms with Crippen LogP contribution in [0.5, 0.6) is 28.7 Å². The van der Waals surface area contributed by atoms with Gasteiger partial charge in [-0.15, -0.1) is 24.4 Å². The summed E-state index contributed by atoms with van der Waals surface area (Å²) in [5.74, 6) is -5.80. The molecule has 0 radical (unpaired) electrons. The minimum absolute atomic E-state index is 0.0116. The maximum atomic E-state index is 14.8. The van der Waals surface area contributed by atoms with Gasteiger partial charge < -0.3 is 48.1 Å². The molecule has 1 saturated heterocycles. The maximum absolute atomic E-state index is 14.8. The van der Waals surface area contributed by atoms with E-state index in [9.17, 15) is 67.0 Å². The molecule has 0 amide bonds. The van der Waals surface area contributed by atoms with E-state index in [0.717, 1.165) is 110 Å². The SMILES string of the molecule is CC(=O)CCOCc1ccccc1.CCCO.Cc1ccc(S(=O)(=O)O)cc1.Fc1ccc(F)c2c1C=CCO2.Fc1ccc(F)c2c1OCC1OC21.Fc1ccc(F)c2c1OCCC2Cc1ccc(Cl)cc1.O=C(CCOCc1ccccc1)C[C@@H]1COc2c(F)ccc(F)c2[C@H]1Cc1ccc(Cl)cc1.OC1COc2c(F)ccc(F)c2C1Sc1ccc(Cl)cc1.Sc1ccc(Cl)cc1.[Cl][In]([Cl])[Cl]. The van der Waals surface area contributed by atoms with Gasteiger partial charge in [-0.25, -0.2) is 43.9 Å². The van der Waals surface area contributed by atoms with Gasteiger partial charge in [-0.2, -0.15) is 8.42 Å². The summed E-state index contributed by atoms with van der Waals surface area (Å²) in [6, 6.07) is 65.5. The van der Waals surface area contributed by atoms with Crippen molar-refractivity contribution in [1.29, 1.82) is 0 Å². The van der Waals surface area contributed by atoms with Crippen molar-refractivity contribution in [2.45, 2.75) is 129 Å². The van der Waals surface area contributed by atoms with Crippen LogP contribution in [0.25, 0.3) is 6.08 Å². The predicted octanol–water partition coefficient (Wildman–Crippen LogP) is 27.7. The summed E-state index contributed by atoms with van der Waals surface area (Å²) in [6.07, 6.45) is 5.50. The number of rotatable bonds is 20. The summed E-state index contributed by atoms with van der Waals surface area (Å²) < 4.78 is 208. The summed E-state index contributed by atoms with van der Waals surface area (Å²) in [5, 5.41) is 19.9. The van der Waals surface area contributed by atoms with E-state index in [1.54, 1.807) is 73.7 Å². The topological polar surface area (TPSA) is 206 Å². The fraction of sp³-hybridized carbons (Fsp3) is 0.262. The number of aliphatic hydroxyl groups is 2. The van der Waals surface area contributed by atoms with Crippen molar-refractivity contribution < 1.29 is 115 Å². The third kappa shape index (κ3) is 37.2. The van der Waals surface area contributed by atoms with Gasteiger partial charge in [0.15, 0.2) is 57.8 Å². The number of aryl methyl sites for hydroxylation is 1. The molecular weight excluding hydrogens is 2130 g/mol. The number of ketones is 2. The first-order chi connectivity index (χ1) is 66.5. The molecule has 15 nitrogen and oxygen atoms in total. The molecule has 139 heavy (non-hydrogen) atoms. The molecule has 36 heteroatoms. The average Bonchev–Trinajstić information content (AvgIpc) is 1.60. The zero-order chi connectivity index (χ0) is 101. The Hall–Kier alpha value is -8.67. The second-order valence-electron chi connectivity index (χ2n) is 31.3. The molecule has 0 bridgehead atoms. The number of carbonyl (C=O) groups excluding carboxylic acids is 2. The van der Waals surface area contributed by atoms with Crippen LogP contribution in [-0.2, 0) is 60.0 Å². The van der Waals surface area contributed by atoms with Gasteiger partial charge >= 0.3 is 43.6 Å².